The maximum atomic E-state index is 14.0. The van der Waals surface area contributed by atoms with Gasteiger partial charge in [-0.1, -0.05) is 0 Å². The van der Waals surface area contributed by atoms with E-state index in [-0.39, 0.29) is 25.0 Å². The highest BCUT2D eigenvalue weighted by atomic mass is 19.1. The number of amides is 2. The molecule has 0 aliphatic carbocycles. The van der Waals surface area contributed by atoms with Crippen molar-refractivity contribution in [2.75, 3.05) is 25.0 Å². The first-order valence-corrected chi connectivity index (χ1v) is 7.75. The number of anilines is 1. The van der Waals surface area contributed by atoms with Crippen molar-refractivity contribution in [2.24, 2.45) is 0 Å². The average molecular weight is 320 g/mol. The second-order valence-corrected chi connectivity index (χ2v) is 6.37. The number of halogens is 1. The van der Waals surface area contributed by atoms with Gasteiger partial charge in [-0.3, -0.25) is 4.68 Å². The molecule has 124 valence electrons. The molecule has 2 N–H and O–H groups in total. The number of hydrogen-bond donors (Lipinski definition) is 2. The van der Waals surface area contributed by atoms with E-state index in [1.807, 2.05) is 30.7 Å². The summed E-state index contributed by atoms with van der Waals surface area (Å²) in [5.74, 6) is 0. The molecular weight excluding hydrogens is 299 g/mol. The first kappa shape index (κ1) is 15.7. The fourth-order valence-corrected chi connectivity index (χ4v) is 2.87. The van der Waals surface area contributed by atoms with Crippen LogP contribution in [-0.2, 0) is 0 Å². The number of aromatic nitrogens is 2. The highest BCUT2D eigenvalue weighted by Crippen LogP contribution is 2.26. The molecule has 7 heteroatoms. The maximum Gasteiger partial charge on any atom is 0.321 e. The molecule has 1 aliphatic rings. The number of alkyl halides is 1. The van der Waals surface area contributed by atoms with Crippen molar-refractivity contribution in [3.63, 3.8) is 0 Å². The summed E-state index contributed by atoms with van der Waals surface area (Å²) < 4.78 is 15.9. The summed E-state index contributed by atoms with van der Waals surface area (Å²) in [5.41, 5.74) is -0.0999. The minimum atomic E-state index is -1.68. The van der Waals surface area contributed by atoms with Gasteiger partial charge < -0.3 is 15.3 Å². The zero-order valence-electron chi connectivity index (χ0n) is 13.3. The van der Waals surface area contributed by atoms with Crippen molar-refractivity contribution in [1.29, 1.82) is 0 Å². The Morgan fingerprint density at radius 3 is 2.96 bits per heavy atom. The van der Waals surface area contributed by atoms with Crippen LogP contribution in [0.25, 0.3) is 10.9 Å². The van der Waals surface area contributed by atoms with Gasteiger partial charge in [0.15, 0.2) is 5.67 Å². The summed E-state index contributed by atoms with van der Waals surface area (Å²) in [5, 5.41) is 17.2. The molecule has 0 radical (unpaired) electrons. The molecule has 2 amide bonds. The van der Waals surface area contributed by atoms with Gasteiger partial charge in [0.1, 0.15) is 0 Å². The second kappa shape index (κ2) is 5.81. The van der Waals surface area contributed by atoms with E-state index < -0.39 is 12.3 Å². The van der Waals surface area contributed by atoms with Crippen LogP contribution in [0, 0.1) is 0 Å². The van der Waals surface area contributed by atoms with Crippen molar-refractivity contribution in [1.82, 2.24) is 14.7 Å². The van der Waals surface area contributed by atoms with E-state index in [1.165, 1.54) is 4.90 Å². The van der Waals surface area contributed by atoms with Gasteiger partial charge in [-0.2, -0.15) is 5.10 Å². The largest absolute Gasteiger partial charge is 0.393 e. The molecule has 1 unspecified atom stereocenters. The Hall–Kier alpha value is -2.15. The fraction of sp³-hybridized carbons (Fsp3) is 0.500. The average Bonchev–Trinajstić information content (AvgIpc) is 3.11. The number of carbonyl (C=O) groups is 1. The minimum Gasteiger partial charge on any atom is -0.393 e. The molecular formula is C16H21FN4O2. The molecule has 0 saturated carbocycles. The maximum absolute atomic E-state index is 14.0. The molecule has 1 saturated heterocycles. The van der Waals surface area contributed by atoms with Crippen LogP contribution >= 0.6 is 0 Å². The Morgan fingerprint density at radius 1 is 1.52 bits per heavy atom. The normalized spacial score (nSPS) is 21.3. The molecule has 1 fully saturated rings. The lowest BCUT2D eigenvalue weighted by Gasteiger charge is -2.19. The molecule has 1 atom stereocenters. The number of benzene rings is 1. The van der Waals surface area contributed by atoms with E-state index in [4.69, 9.17) is 5.11 Å². The van der Waals surface area contributed by atoms with E-state index in [2.05, 4.69) is 10.4 Å². The van der Waals surface area contributed by atoms with Crippen molar-refractivity contribution >= 4 is 22.6 Å². The predicted molar refractivity (Wildman–Crippen MR) is 86.3 cm³/mol. The second-order valence-electron chi connectivity index (χ2n) is 6.37. The number of fused-ring (bicyclic) bond motifs is 1. The van der Waals surface area contributed by atoms with E-state index in [9.17, 15) is 9.18 Å². The van der Waals surface area contributed by atoms with Crippen LogP contribution < -0.4 is 5.32 Å². The summed E-state index contributed by atoms with van der Waals surface area (Å²) in [6.07, 6.45) is 1.95. The van der Waals surface area contributed by atoms with Gasteiger partial charge in [0.05, 0.1) is 24.9 Å². The molecule has 3 rings (SSSR count). The third-order valence-corrected chi connectivity index (χ3v) is 4.21. The number of hydrogen-bond acceptors (Lipinski definition) is 3. The fourth-order valence-electron chi connectivity index (χ4n) is 2.87. The Balaban J connectivity index is 1.76. The molecule has 0 spiro atoms. The van der Waals surface area contributed by atoms with Crippen LogP contribution in [0.15, 0.2) is 24.4 Å². The third kappa shape index (κ3) is 3.01. The molecule has 2 aromatic rings. The lowest BCUT2D eigenvalue weighted by molar-refractivity contribution is 0.0813. The molecule has 2 heterocycles. The monoisotopic (exact) mass is 320 g/mol. The summed E-state index contributed by atoms with van der Waals surface area (Å²) in [6.45, 7) is 3.74. The first-order chi connectivity index (χ1) is 10.9. The Labute approximate surface area is 133 Å². The van der Waals surface area contributed by atoms with Crippen LogP contribution in [0.4, 0.5) is 14.9 Å². The number of aliphatic hydroxyl groups is 1. The minimum absolute atomic E-state index is 0.0818. The van der Waals surface area contributed by atoms with E-state index in [0.29, 0.717) is 12.2 Å². The quantitative estimate of drug-likeness (QED) is 0.913. The molecule has 23 heavy (non-hydrogen) atoms. The smallest absolute Gasteiger partial charge is 0.321 e. The third-order valence-electron chi connectivity index (χ3n) is 4.21. The zero-order valence-corrected chi connectivity index (χ0v) is 13.3. The summed E-state index contributed by atoms with van der Waals surface area (Å²) >= 11 is 0. The first-order valence-electron chi connectivity index (χ1n) is 7.75. The van der Waals surface area contributed by atoms with E-state index >= 15 is 0 Å². The Morgan fingerprint density at radius 2 is 2.30 bits per heavy atom. The van der Waals surface area contributed by atoms with Crippen molar-refractivity contribution in [3.8, 4) is 0 Å². The van der Waals surface area contributed by atoms with Crippen molar-refractivity contribution in [3.05, 3.63) is 24.4 Å². The number of likely N-dealkylation sites (tertiary alicyclic amines) is 1. The van der Waals surface area contributed by atoms with Gasteiger partial charge in [0.25, 0.3) is 0 Å². The van der Waals surface area contributed by atoms with Crippen LogP contribution in [0.3, 0.4) is 0 Å². The van der Waals surface area contributed by atoms with Gasteiger partial charge in [-0.15, -0.1) is 0 Å². The van der Waals surface area contributed by atoms with Crippen molar-refractivity contribution in [2.45, 2.75) is 32.0 Å². The van der Waals surface area contributed by atoms with Crippen molar-refractivity contribution < 1.29 is 14.3 Å². The lowest BCUT2D eigenvalue weighted by atomic mass is 10.1. The van der Waals surface area contributed by atoms with E-state index in [0.717, 1.165) is 10.9 Å². The molecule has 6 nitrogen and oxygen atoms in total. The molecule has 1 aromatic heterocycles. The summed E-state index contributed by atoms with van der Waals surface area (Å²) in [7, 11) is 0. The molecule has 0 bridgehead atoms. The topological polar surface area (TPSA) is 70.4 Å². The highest BCUT2D eigenvalue weighted by Gasteiger charge is 2.39. The van der Waals surface area contributed by atoms with Gasteiger partial charge in [0, 0.05) is 30.1 Å². The van der Waals surface area contributed by atoms with Crippen LogP contribution in [-0.4, -0.2) is 51.2 Å². The highest BCUT2D eigenvalue weighted by molar-refractivity contribution is 5.92. The number of carbonyl (C=O) groups excluding carboxylic acids is 1. The number of nitrogens with zero attached hydrogens (tertiary/aromatic N) is 3. The summed E-state index contributed by atoms with van der Waals surface area (Å²) in [4.78, 5) is 13.6. The standard InChI is InChI=1S/C16H21FN4O2/c1-11(2)21-14-7-13(4-3-12(14)8-18-21)19-15(23)20-6-5-16(17,9-20)10-22/h3-4,7-8,11,22H,5-6,9-10H2,1-2H3,(H,19,23). The zero-order chi connectivity index (χ0) is 16.6. The number of aliphatic hydroxyl groups excluding tert-OH is 1. The van der Waals surface area contributed by atoms with E-state index in [1.54, 1.807) is 12.3 Å². The molecule has 1 aliphatic heterocycles. The predicted octanol–water partition coefficient (Wildman–Crippen LogP) is 2.56. The van der Waals surface area contributed by atoms with Crippen LogP contribution in [0.1, 0.15) is 26.3 Å². The summed E-state index contributed by atoms with van der Waals surface area (Å²) in [6, 6.07) is 5.43. The molecule has 1 aromatic carbocycles. The van der Waals surface area contributed by atoms with Crippen LogP contribution in [0.2, 0.25) is 0 Å². The Bertz CT molecular complexity index is 730. The number of nitrogens with one attached hydrogen (secondary N) is 1. The van der Waals surface area contributed by atoms with Crippen LogP contribution in [0.5, 0.6) is 0 Å². The van der Waals surface area contributed by atoms with Gasteiger partial charge in [-0.05, 0) is 32.0 Å². The number of urea groups is 1. The Kier molecular flexibility index (Phi) is 3.97. The van der Waals surface area contributed by atoms with Gasteiger partial charge in [-0.25, -0.2) is 9.18 Å². The number of rotatable bonds is 3. The van der Waals surface area contributed by atoms with Gasteiger partial charge >= 0.3 is 6.03 Å². The van der Waals surface area contributed by atoms with Gasteiger partial charge in [0.2, 0.25) is 0 Å². The SMILES string of the molecule is CC(C)n1ncc2ccc(NC(=O)N3CCC(F)(CO)C3)cc21. The lowest BCUT2D eigenvalue weighted by Crippen LogP contribution is -2.37.